The molecule has 0 aromatic heterocycles. The molecule has 2 aliphatic rings. The van der Waals surface area contributed by atoms with Crippen molar-refractivity contribution in [2.45, 2.75) is 38.0 Å². The van der Waals surface area contributed by atoms with Crippen LogP contribution in [0.3, 0.4) is 0 Å². The predicted molar refractivity (Wildman–Crippen MR) is 123 cm³/mol. The summed E-state index contributed by atoms with van der Waals surface area (Å²) in [5.41, 5.74) is 7.21. The van der Waals surface area contributed by atoms with E-state index in [-0.39, 0.29) is 0 Å². The molecule has 0 radical (unpaired) electrons. The van der Waals surface area contributed by atoms with Crippen LogP contribution in [0.25, 0.3) is 0 Å². The fourth-order valence-corrected chi connectivity index (χ4v) is 5.09. The van der Waals surface area contributed by atoms with Gasteiger partial charge in [-0.15, -0.1) is 0 Å². The van der Waals surface area contributed by atoms with Gasteiger partial charge in [0.2, 0.25) is 0 Å². The molecular weight excluding hydrogens is 366 g/mol. The average Bonchev–Trinajstić information content (AvgIpc) is 2.75. The van der Waals surface area contributed by atoms with Gasteiger partial charge in [-0.25, -0.2) is 0 Å². The summed E-state index contributed by atoms with van der Waals surface area (Å²) in [5, 5.41) is 3.33. The van der Waals surface area contributed by atoms with Gasteiger partial charge in [0, 0.05) is 5.92 Å². The highest BCUT2D eigenvalue weighted by Gasteiger charge is 2.31. The van der Waals surface area contributed by atoms with Crippen LogP contribution in [0.4, 0.5) is 0 Å². The first-order chi connectivity index (χ1) is 14.8. The second-order valence-corrected chi connectivity index (χ2v) is 8.97. The van der Waals surface area contributed by atoms with Crippen LogP contribution in [0.2, 0.25) is 0 Å². The maximum atomic E-state index is 6.02. The highest BCUT2D eigenvalue weighted by molar-refractivity contribution is 5.47. The molecule has 0 saturated carbocycles. The maximum Gasteiger partial charge on any atom is 0.119 e. The zero-order valence-electron chi connectivity index (χ0n) is 17.8. The summed E-state index contributed by atoms with van der Waals surface area (Å²) in [4.78, 5) is 0. The highest BCUT2D eigenvalue weighted by Crippen LogP contribution is 2.46. The van der Waals surface area contributed by atoms with Crippen LogP contribution in [-0.2, 0) is 6.42 Å². The monoisotopic (exact) mass is 397 g/mol. The average molecular weight is 398 g/mol. The summed E-state index contributed by atoms with van der Waals surface area (Å²) in [6.45, 7) is 5.29. The van der Waals surface area contributed by atoms with Crippen LogP contribution in [0.1, 0.15) is 52.5 Å². The third-order valence-electron chi connectivity index (χ3n) is 6.89. The van der Waals surface area contributed by atoms with Gasteiger partial charge in [-0.1, -0.05) is 66.2 Å². The van der Waals surface area contributed by atoms with Crippen molar-refractivity contribution in [1.29, 1.82) is 0 Å². The van der Waals surface area contributed by atoms with Crippen molar-refractivity contribution >= 4 is 0 Å². The minimum absolute atomic E-state index is 0.395. The number of nitrogens with one attached hydrogen (secondary N) is 1. The Labute approximate surface area is 180 Å². The Bertz CT molecular complexity index is 975. The molecule has 1 aliphatic heterocycles. The van der Waals surface area contributed by atoms with Crippen molar-refractivity contribution in [3.8, 4) is 5.75 Å². The number of hydrogen-bond acceptors (Lipinski definition) is 2. The van der Waals surface area contributed by atoms with Crippen molar-refractivity contribution < 1.29 is 4.74 Å². The molecule has 2 atom stereocenters. The van der Waals surface area contributed by atoms with E-state index in [0.29, 0.717) is 11.8 Å². The van der Waals surface area contributed by atoms with Crippen LogP contribution in [0, 0.1) is 12.8 Å². The third-order valence-corrected chi connectivity index (χ3v) is 6.89. The van der Waals surface area contributed by atoms with Gasteiger partial charge in [0.1, 0.15) is 5.75 Å². The van der Waals surface area contributed by atoms with E-state index in [1.54, 1.807) is 0 Å². The number of ether oxygens (including phenoxy) is 1. The smallest absolute Gasteiger partial charge is 0.119 e. The highest BCUT2D eigenvalue weighted by atomic mass is 16.5. The standard InChI is InChI=1S/C28H31NO/c1-20-7-13-27-24(17-20)10-14-26(22-5-3-2-4-6-22)28(27)23-8-11-25(12-9-23)30-16-15-21-18-29-19-21/h2-9,11-13,17,21,26,28-29H,10,14-16,18-19H2,1H3/t26-,28+/m1/s1. The summed E-state index contributed by atoms with van der Waals surface area (Å²) in [7, 11) is 0. The quantitative estimate of drug-likeness (QED) is 0.564. The first kappa shape index (κ1) is 19.4. The van der Waals surface area contributed by atoms with E-state index >= 15 is 0 Å². The summed E-state index contributed by atoms with van der Waals surface area (Å²) in [6, 6.07) is 27.0. The molecule has 154 valence electrons. The lowest BCUT2D eigenvalue weighted by molar-refractivity contribution is 0.238. The second-order valence-electron chi connectivity index (χ2n) is 8.97. The van der Waals surface area contributed by atoms with E-state index in [9.17, 15) is 0 Å². The minimum atomic E-state index is 0.395. The summed E-state index contributed by atoms with van der Waals surface area (Å²) in [5.74, 6) is 2.69. The predicted octanol–water partition coefficient (Wildman–Crippen LogP) is 5.85. The van der Waals surface area contributed by atoms with Crippen molar-refractivity contribution in [2.24, 2.45) is 5.92 Å². The number of aryl methyl sites for hydroxylation is 2. The molecule has 1 aliphatic carbocycles. The molecule has 3 aromatic carbocycles. The summed E-state index contributed by atoms with van der Waals surface area (Å²) in [6.07, 6.45) is 3.49. The molecule has 3 aromatic rings. The molecule has 0 unspecified atom stereocenters. The van der Waals surface area contributed by atoms with Crippen molar-refractivity contribution in [3.63, 3.8) is 0 Å². The number of benzene rings is 3. The Morgan fingerprint density at radius 2 is 1.70 bits per heavy atom. The van der Waals surface area contributed by atoms with Crippen LogP contribution in [0.15, 0.2) is 72.8 Å². The van der Waals surface area contributed by atoms with Gasteiger partial charge < -0.3 is 10.1 Å². The van der Waals surface area contributed by atoms with E-state index < -0.39 is 0 Å². The molecule has 2 nitrogen and oxygen atoms in total. The van der Waals surface area contributed by atoms with Gasteiger partial charge >= 0.3 is 0 Å². The molecule has 1 N–H and O–H groups in total. The van der Waals surface area contributed by atoms with Crippen molar-refractivity contribution in [3.05, 3.63) is 101 Å². The SMILES string of the molecule is Cc1ccc2c(c1)CC[C@H](c1ccccc1)[C@@H]2c1ccc(OCCC2CNC2)cc1. The zero-order chi connectivity index (χ0) is 20.3. The normalized spacial score (nSPS) is 21.0. The maximum absolute atomic E-state index is 6.02. The van der Waals surface area contributed by atoms with Gasteiger partial charge in [-0.3, -0.25) is 0 Å². The lowest BCUT2D eigenvalue weighted by Gasteiger charge is -2.35. The van der Waals surface area contributed by atoms with Crippen molar-refractivity contribution in [2.75, 3.05) is 19.7 Å². The minimum Gasteiger partial charge on any atom is -0.494 e. The Hall–Kier alpha value is -2.58. The molecule has 1 fully saturated rings. The van der Waals surface area contributed by atoms with Crippen LogP contribution >= 0.6 is 0 Å². The molecule has 0 spiro atoms. The first-order valence-electron chi connectivity index (χ1n) is 11.4. The lowest BCUT2D eigenvalue weighted by Crippen LogP contribution is -2.42. The molecule has 1 heterocycles. The van der Waals surface area contributed by atoms with E-state index in [1.807, 2.05) is 0 Å². The van der Waals surface area contributed by atoms with E-state index in [2.05, 4.69) is 85.0 Å². The largest absolute Gasteiger partial charge is 0.494 e. The van der Waals surface area contributed by atoms with E-state index in [0.717, 1.165) is 44.2 Å². The second kappa shape index (κ2) is 8.65. The molecule has 0 amide bonds. The Kier molecular flexibility index (Phi) is 5.59. The Morgan fingerprint density at radius 3 is 2.43 bits per heavy atom. The lowest BCUT2D eigenvalue weighted by atomic mass is 9.69. The summed E-state index contributed by atoms with van der Waals surface area (Å²) < 4.78 is 6.02. The third kappa shape index (κ3) is 4.02. The molecule has 0 bridgehead atoms. The number of rotatable bonds is 6. The van der Waals surface area contributed by atoms with Crippen LogP contribution in [-0.4, -0.2) is 19.7 Å². The molecule has 1 saturated heterocycles. The van der Waals surface area contributed by atoms with Crippen LogP contribution < -0.4 is 10.1 Å². The topological polar surface area (TPSA) is 21.3 Å². The Balaban J connectivity index is 1.41. The number of fused-ring (bicyclic) bond motifs is 1. The van der Waals surface area contributed by atoms with Gasteiger partial charge in [0.15, 0.2) is 0 Å². The first-order valence-corrected chi connectivity index (χ1v) is 11.4. The van der Waals surface area contributed by atoms with Gasteiger partial charge in [0.05, 0.1) is 6.61 Å². The number of hydrogen-bond donors (Lipinski definition) is 1. The van der Waals surface area contributed by atoms with Gasteiger partial charge in [-0.05, 0) is 85.5 Å². The zero-order valence-corrected chi connectivity index (χ0v) is 17.8. The molecule has 30 heavy (non-hydrogen) atoms. The summed E-state index contributed by atoms with van der Waals surface area (Å²) >= 11 is 0. The fourth-order valence-electron chi connectivity index (χ4n) is 5.09. The molecule has 5 rings (SSSR count). The van der Waals surface area contributed by atoms with Gasteiger partial charge in [-0.2, -0.15) is 0 Å². The molecular formula is C28H31NO. The molecule has 2 heteroatoms. The van der Waals surface area contributed by atoms with E-state index in [1.165, 1.54) is 34.2 Å². The van der Waals surface area contributed by atoms with Crippen molar-refractivity contribution in [1.82, 2.24) is 5.32 Å². The van der Waals surface area contributed by atoms with E-state index in [4.69, 9.17) is 4.74 Å². The van der Waals surface area contributed by atoms with Gasteiger partial charge in [0.25, 0.3) is 0 Å². The fraction of sp³-hybridized carbons (Fsp3) is 0.357. The Morgan fingerprint density at radius 1 is 0.900 bits per heavy atom. The van der Waals surface area contributed by atoms with Crippen LogP contribution in [0.5, 0.6) is 5.75 Å².